The number of aliphatic imine (C=N–C) groups is 1. The number of phenols is 1. The Hall–Kier alpha value is -7.70. The molecule has 5 aromatic carbocycles. The number of aliphatic hydroxyl groups excluding tert-OH is 2. The van der Waals surface area contributed by atoms with Crippen molar-refractivity contribution in [2.24, 2.45) is 22.4 Å². The van der Waals surface area contributed by atoms with E-state index in [0.29, 0.717) is 49.2 Å². The van der Waals surface area contributed by atoms with Crippen molar-refractivity contribution in [1.29, 1.82) is 0 Å². The first-order valence-corrected chi connectivity index (χ1v) is 25.1. The van der Waals surface area contributed by atoms with E-state index < -0.39 is 24.0 Å². The number of benzene rings is 5. The summed E-state index contributed by atoms with van der Waals surface area (Å²) in [4.78, 5) is 25.9. The molecule has 1 saturated heterocycles. The highest BCUT2D eigenvalue weighted by Crippen LogP contribution is 2.56. The van der Waals surface area contributed by atoms with E-state index in [2.05, 4.69) is 75.4 Å². The van der Waals surface area contributed by atoms with Crippen LogP contribution in [0.25, 0.3) is 17.2 Å². The quantitative estimate of drug-likeness (QED) is 0.0379. The Bertz CT molecular complexity index is 3100. The number of carbonyl (C=O) groups is 1. The molecule has 6 unspecified atom stereocenters. The fourth-order valence-corrected chi connectivity index (χ4v) is 10.5. The van der Waals surface area contributed by atoms with Crippen LogP contribution in [-0.2, 0) is 25.7 Å². The highest BCUT2D eigenvalue weighted by atomic mass is 16.5. The summed E-state index contributed by atoms with van der Waals surface area (Å²) in [5, 5.41) is 36.3. The van der Waals surface area contributed by atoms with Gasteiger partial charge in [0.25, 0.3) is 0 Å². The monoisotopic (exact) mass is 982 g/mol. The molecule has 14 nitrogen and oxygen atoms in total. The van der Waals surface area contributed by atoms with E-state index >= 15 is 4.79 Å². The highest BCUT2D eigenvalue weighted by molar-refractivity contribution is 6.05. The van der Waals surface area contributed by atoms with Gasteiger partial charge in [0.1, 0.15) is 29.0 Å². The van der Waals surface area contributed by atoms with Gasteiger partial charge in [0, 0.05) is 43.3 Å². The number of nitrogens with zero attached hydrogens (tertiary/aromatic N) is 2. The van der Waals surface area contributed by atoms with E-state index in [1.165, 1.54) is 7.11 Å². The zero-order valence-corrected chi connectivity index (χ0v) is 41.1. The number of rotatable bonds is 11. The molecule has 8 bridgehead atoms. The van der Waals surface area contributed by atoms with Crippen molar-refractivity contribution < 1.29 is 39.1 Å². The predicted octanol–water partition coefficient (Wildman–Crippen LogP) is 7.69. The maximum absolute atomic E-state index is 15.1. The molecule has 6 atom stereocenters. The first-order chi connectivity index (χ1) is 35.6. The Morgan fingerprint density at radius 3 is 2.55 bits per heavy atom. The molecule has 0 radical (unpaired) electrons. The van der Waals surface area contributed by atoms with Crippen LogP contribution < -0.4 is 40.6 Å². The highest BCUT2D eigenvalue weighted by Gasteiger charge is 2.41. The number of nitrogens with two attached hydrogens (primary N) is 2. The summed E-state index contributed by atoms with van der Waals surface area (Å²) in [6, 6.07) is 32.7. The molecular formula is C59H62N6O8. The number of fused-ring (bicyclic) bond motifs is 11. The van der Waals surface area contributed by atoms with Gasteiger partial charge in [-0.25, -0.2) is 4.99 Å². The number of aryl methyl sites for hydroxylation is 1. The van der Waals surface area contributed by atoms with E-state index in [1.807, 2.05) is 48.5 Å². The SMILES string of the molecule is CCc1cc2c([nH]1)N1CCNC3C#CC(Cc4cccc-2c4)c2c(c(OC)c(OCCC(O)C=Cc4ccccc4)c4c2OC(c2ccc(O)cc2)CC4=O)OCC(CO)Cc2ccc(cc2N=C(N)N)CC31. The van der Waals surface area contributed by atoms with Gasteiger partial charge in [0.2, 0.25) is 5.75 Å². The first kappa shape index (κ1) is 48.9. The average Bonchev–Trinajstić information content (AvgIpc) is 3.83. The molecule has 0 spiro atoms. The first-order valence-electron chi connectivity index (χ1n) is 25.1. The second kappa shape index (κ2) is 21.6. The van der Waals surface area contributed by atoms with Gasteiger partial charge in [0.15, 0.2) is 23.2 Å². The topological polar surface area (TPSA) is 210 Å². The molecule has 6 aromatic rings. The summed E-state index contributed by atoms with van der Waals surface area (Å²) >= 11 is 0. The molecule has 1 aromatic heterocycles. The maximum Gasteiger partial charge on any atom is 0.204 e. The van der Waals surface area contributed by atoms with Crippen LogP contribution in [0, 0.1) is 17.8 Å². The number of methoxy groups -OCH3 is 1. The molecule has 6 heterocycles. The third-order valence-corrected chi connectivity index (χ3v) is 14.2. The number of Topliss-reactive ketones (excluding diaryl/α,β-unsaturated/α-hetero) is 1. The van der Waals surface area contributed by atoms with Gasteiger partial charge >= 0.3 is 0 Å². The van der Waals surface area contributed by atoms with Gasteiger partial charge in [-0.3, -0.25) is 4.79 Å². The lowest BCUT2D eigenvalue weighted by Gasteiger charge is -2.42. The predicted molar refractivity (Wildman–Crippen MR) is 283 cm³/mol. The van der Waals surface area contributed by atoms with Gasteiger partial charge in [-0.05, 0) is 83.3 Å². The number of guanidine groups is 1. The minimum atomic E-state index is -0.871. The molecule has 11 rings (SSSR count). The number of ketones is 1. The Morgan fingerprint density at radius 2 is 1.77 bits per heavy atom. The van der Waals surface area contributed by atoms with E-state index in [-0.39, 0.29) is 90.8 Å². The normalized spacial score (nSPS) is 20.5. The number of anilines is 1. The Balaban J connectivity index is 1.20. The number of aromatic amines is 1. The average molecular weight is 983 g/mol. The van der Waals surface area contributed by atoms with Crippen molar-refractivity contribution in [2.45, 2.75) is 75.7 Å². The third-order valence-electron chi connectivity index (χ3n) is 14.2. The van der Waals surface area contributed by atoms with Crippen LogP contribution >= 0.6 is 0 Å². The minimum Gasteiger partial charge on any atom is -0.508 e. The fraction of sp³-hybridized carbons (Fsp3) is 0.322. The number of nitrogens with one attached hydrogen (secondary N) is 2. The van der Waals surface area contributed by atoms with Crippen molar-refractivity contribution in [2.75, 3.05) is 44.9 Å². The lowest BCUT2D eigenvalue weighted by Crippen LogP contribution is -2.58. The number of hydrogen-bond donors (Lipinski definition) is 7. The molecule has 0 saturated carbocycles. The Kier molecular flexibility index (Phi) is 14.4. The maximum atomic E-state index is 15.1. The van der Waals surface area contributed by atoms with Gasteiger partial charge in [0.05, 0.1) is 62.1 Å². The molecule has 5 aliphatic heterocycles. The van der Waals surface area contributed by atoms with E-state index in [0.717, 1.165) is 51.3 Å². The van der Waals surface area contributed by atoms with Crippen molar-refractivity contribution in [3.63, 3.8) is 0 Å². The van der Waals surface area contributed by atoms with Crippen molar-refractivity contribution in [3.8, 4) is 51.7 Å². The fourth-order valence-electron chi connectivity index (χ4n) is 10.5. The summed E-state index contributed by atoms with van der Waals surface area (Å²) in [5.74, 6) is 7.92. The van der Waals surface area contributed by atoms with Crippen molar-refractivity contribution in [3.05, 3.63) is 154 Å². The number of H-pyrrole nitrogens is 1. The largest absolute Gasteiger partial charge is 0.508 e. The number of aliphatic hydroxyl groups is 2. The molecular weight excluding hydrogens is 921 g/mol. The van der Waals surface area contributed by atoms with Crippen LogP contribution in [-0.4, -0.2) is 90.3 Å². The van der Waals surface area contributed by atoms with Gasteiger partial charge in [-0.15, -0.1) is 0 Å². The number of ether oxygens (including phenoxy) is 4. The number of aromatic hydroxyl groups is 1. The lowest BCUT2D eigenvalue weighted by molar-refractivity contribution is 0.0834. The molecule has 73 heavy (non-hydrogen) atoms. The van der Waals surface area contributed by atoms with Crippen LogP contribution in [0.4, 0.5) is 11.5 Å². The van der Waals surface area contributed by atoms with E-state index in [1.54, 1.807) is 30.3 Å². The zero-order chi connectivity index (χ0) is 50.6. The van der Waals surface area contributed by atoms with Crippen LogP contribution in [0.1, 0.15) is 81.2 Å². The molecule has 1 fully saturated rings. The summed E-state index contributed by atoms with van der Waals surface area (Å²) in [6.45, 7) is 3.26. The molecule has 14 heteroatoms. The molecule has 9 N–H and O–H groups in total. The standard InChI is InChI=1S/C59H62N6O8/c1-3-43-31-46-40-11-7-10-36(26-40)27-42-17-21-47-49(65(24-23-62-47)58(46)63-43)30-37-12-14-41(48(29-37)64-59(60)61)28-38(33-66)34-72-55-52(42)54-53(50(69)32-51(73-54)39-15-19-44(67)20-16-39)56(57(55)70-2)71-25-22-45(68)18-13-35-8-5-4-6-9-35/h4-16,18-20,26,29,31,38,42,45,47,49,51,62-63,66-68H,3,22-25,27-28,30,32-34H2,1-2H3,(H4,60,61,64). The van der Waals surface area contributed by atoms with Gasteiger partial charge in [-0.1, -0.05) is 110 Å². The molecule has 5 aliphatic rings. The Morgan fingerprint density at radius 1 is 0.945 bits per heavy atom. The van der Waals surface area contributed by atoms with Crippen molar-refractivity contribution >= 4 is 29.3 Å². The number of piperazine rings is 1. The van der Waals surface area contributed by atoms with Crippen LogP contribution in [0.5, 0.6) is 28.7 Å². The third kappa shape index (κ3) is 10.5. The second-order valence-electron chi connectivity index (χ2n) is 19.2. The zero-order valence-electron chi connectivity index (χ0n) is 41.1. The Labute approximate surface area is 425 Å². The minimum absolute atomic E-state index is 0.00152. The summed E-state index contributed by atoms with van der Waals surface area (Å²) < 4.78 is 27.1. The summed E-state index contributed by atoms with van der Waals surface area (Å²) in [6.07, 6.45) is 4.23. The number of phenolic OH excluding ortho intramolecular Hbond substituents is 1. The second-order valence-corrected chi connectivity index (χ2v) is 19.2. The molecule has 0 aliphatic carbocycles. The molecule has 376 valence electrons. The summed E-state index contributed by atoms with van der Waals surface area (Å²) in [7, 11) is 1.51. The number of hydrogen-bond acceptors (Lipinski definition) is 11. The van der Waals surface area contributed by atoms with Crippen molar-refractivity contribution in [1.82, 2.24) is 10.3 Å². The van der Waals surface area contributed by atoms with Gasteiger partial charge < -0.3 is 60.9 Å². The van der Waals surface area contributed by atoms with Crippen LogP contribution in [0.2, 0.25) is 0 Å². The smallest absolute Gasteiger partial charge is 0.204 e. The van der Waals surface area contributed by atoms with E-state index in [4.69, 9.17) is 30.4 Å². The van der Waals surface area contributed by atoms with Crippen LogP contribution in [0.3, 0.4) is 0 Å². The number of aromatic nitrogens is 1. The van der Waals surface area contributed by atoms with E-state index in [9.17, 15) is 15.3 Å². The summed E-state index contributed by atoms with van der Waals surface area (Å²) in [5.41, 5.74) is 21.1. The number of carbonyl (C=O) groups excluding carboxylic acids is 1. The van der Waals surface area contributed by atoms with Crippen LogP contribution in [0.15, 0.2) is 114 Å². The molecule has 0 amide bonds. The van der Waals surface area contributed by atoms with Gasteiger partial charge in [-0.2, -0.15) is 0 Å². The lowest BCUT2D eigenvalue weighted by atomic mass is 9.84.